The zero-order valence-electron chi connectivity index (χ0n) is 14.8. The molecule has 1 rings (SSSR count). The highest BCUT2D eigenvalue weighted by atomic mass is 79.9. The van der Waals surface area contributed by atoms with Gasteiger partial charge in [0.25, 0.3) is 5.91 Å². The minimum atomic E-state index is -0.632. The number of amides is 1. The Kier molecular flexibility index (Phi) is 9.69. The molecule has 0 saturated carbocycles. The van der Waals surface area contributed by atoms with Crippen molar-refractivity contribution in [2.24, 2.45) is 5.92 Å². The lowest BCUT2D eigenvalue weighted by Gasteiger charge is -2.21. The molecule has 0 saturated heterocycles. The SMILES string of the molecule is CCCCCCCOC(=O)C(NC(=O)c1cccc(Br)c1)C(C)C. The molecule has 1 N–H and O–H groups in total. The Hall–Kier alpha value is -1.36. The summed E-state index contributed by atoms with van der Waals surface area (Å²) in [4.78, 5) is 24.6. The first-order chi connectivity index (χ1) is 11.5. The van der Waals surface area contributed by atoms with Crippen LogP contribution in [0.2, 0.25) is 0 Å². The van der Waals surface area contributed by atoms with Gasteiger partial charge in [-0.15, -0.1) is 0 Å². The lowest BCUT2D eigenvalue weighted by molar-refractivity contribution is -0.147. The van der Waals surface area contributed by atoms with Crippen molar-refractivity contribution in [1.29, 1.82) is 0 Å². The summed E-state index contributed by atoms with van der Waals surface area (Å²) in [6, 6.07) is 6.45. The van der Waals surface area contributed by atoms with E-state index < -0.39 is 6.04 Å². The van der Waals surface area contributed by atoms with Crippen LogP contribution in [0.5, 0.6) is 0 Å². The summed E-state index contributed by atoms with van der Waals surface area (Å²) in [6.07, 6.45) is 5.51. The van der Waals surface area contributed by atoms with Crippen LogP contribution in [0.15, 0.2) is 28.7 Å². The van der Waals surface area contributed by atoms with Gasteiger partial charge in [0.2, 0.25) is 0 Å². The summed E-state index contributed by atoms with van der Waals surface area (Å²) in [5, 5.41) is 2.79. The van der Waals surface area contributed by atoms with Gasteiger partial charge in [0.1, 0.15) is 6.04 Å². The molecule has 0 aromatic heterocycles. The van der Waals surface area contributed by atoms with Crippen LogP contribution in [-0.2, 0) is 9.53 Å². The van der Waals surface area contributed by atoms with Crippen LogP contribution in [0.25, 0.3) is 0 Å². The van der Waals surface area contributed by atoms with Gasteiger partial charge in [-0.25, -0.2) is 4.79 Å². The van der Waals surface area contributed by atoms with Gasteiger partial charge in [-0.3, -0.25) is 4.79 Å². The lowest BCUT2D eigenvalue weighted by Crippen LogP contribution is -2.45. The third-order valence-electron chi connectivity index (χ3n) is 3.79. The fourth-order valence-corrected chi connectivity index (χ4v) is 2.72. The first-order valence-electron chi connectivity index (χ1n) is 8.68. The number of unbranched alkanes of at least 4 members (excludes halogenated alkanes) is 4. The van der Waals surface area contributed by atoms with Gasteiger partial charge in [0.05, 0.1) is 6.61 Å². The fourth-order valence-electron chi connectivity index (χ4n) is 2.32. The van der Waals surface area contributed by atoms with E-state index in [0.717, 1.165) is 17.3 Å². The molecule has 0 aliphatic rings. The third-order valence-corrected chi connectivity index (χ3v) is 4.28. The fraction of sp³-hybridized carbons (Fsp3) is 0.579. The molecule has 134 valence electrons. The van der Waals surface area contributed by atoms with Crippen LogP contribution >= 0.6 is 15.9 Å². The summed E-state index contributed by atoms with van der Waals surface area (Å²) in [5.74, 6) is -0.660. The highest BCUT2D eigenvalue weighted by Gasteiger charge is 2.26. The molecule has 1 atom stereocenters. The normalized spacial score (nSPS) is 12.0. The number of carbonyl (C=O) groups excluding carboxylic acids is 2. The summed E-state index contributed by atoms with van der Waals surface area (Å²) in [7, 11) is 0. The minimum Gasteiger partial charge on any atom is -0.464 e. The number of halogens is 1. The molecule has 0 bridgehead atoms. The largest absolute Gasteiger partial charge is 0.464 e. The number of carbonyl (C=O) groups is 2. The highest BCUT2D eigenvalue weighted by molar-refractivity contribution is 9.10. The van der Waals surface area contributed by atoms with Crippen LogP contribution < -0.4 is 5.32 Å². The number of esters is 1. The smallest absolute Gasteiger partial charge is 0.328 e. The highest BCUT2D eigenvalue weighted by Crippen LogP contribution is 2.13. The molecule has 0 aliphatic carbocycles. The molecule has 1 aromatic rings. The van der Waals surface area contributed by atoms with Crippen LogP contribution in [0, 0.1) is 5.92 Å². The van der Waals surface area contributed by atoms with Crippen molar-refractivity contribution in [3.8, 4) is 0 Å². The summed E-state index contributed by atoms with van der Waals surface area (Å²) in [6.45, 7) is 6.38. The molecule has 0 fully saturated rings. The van der Waals surface area contributed by atoms with E-state index in [1.165, 1.54) is 19.3 Å². The van der Waals surface area contributed by atoms with Crippen molar-refractivity contribution < 1.29 is 14.3 Å². The standard InChI is InChI=1S/C19H28BrNO3/c1-4-5-6-7-8-12-24-19(23)17(14(2)3)21-18(22)15-10-9-11-16(20)13-15/h9-11,13-14,17H,4-8,12H2,1-3H3,(H,21,22). The van der Waals surface area contributed by atoms with E-state index in [9.17, 15) is 9.59 Å². The second kappa shape index (κ2) is 11.2. The summed E-state index contributed by atoms with van der Waals surface area (Å²) >= 11 is 3.34. The number of hydrogen-bond donors (Lipinski definition) is 1. The maximum Gasteiger partial charge on any atom is 0.328 e. The predicted molar refractivity (Wildman–Crippen MR) is 100.0 cm³/mol. The number of benzene rings is 1. The van der Waals surface area contributed by atoms with Gasteiger partial charge in [-0.1, -0.05) is 68.5 Å². The van der Waals surface area contributed by atoms with E-state index in [0.29, 0.717) is 12.2 Å². The molecular formula is C19H28BrNO3. The molecule has 0 heterocycles. The topological polar surface area (TPSA) is 55.4 Å². The molecule has 1 unspecified atom stereocenters. The maximum atomic E-state index is 12.3. The van der Waals surface area contributed by atoms with Crippen molar-refractivity contribution in [3.05, 3.63) is 34.3 Å². The van der Waals surface area contributed by atoms with E-state index in [-0.39, 0.29) is 17.8 Å². The van der Waals surface area contributed by atoms with Crippen LogP contribution in [0.1, 0.15) is 63.2 Å². The minimum absolute atomic E-state index is 0.0336. The zero-order valence-corrected chi connectivity index (χ0v) is 16.4. The first-order valence-corrected chi connectivity index (χ1v) is 9.48. The first kappa shape index (κ1) is 20.7. The third kappa shape index (κ3) is 7.47. The number of nitrogens with one attached hydrogen (secondary N) is 1. The van der Waals surface area contributed by atoms with Crippen molar-refractivity contribution >= 4 is 27.8 Å². The molecule has 0 aliphatic heterocycles. The second-order valence-corrected chi connectivity index (χ2v) is 7.20. The quantitative estimate of drug-likeness (QED) is 0.459. The van der Waals surface area contributed by atoms with Crippen LogP contribution in [-0.4, -0.2) is 24.5 Å². The van der Waals surface area contributed by atoms with Crippen molar-refractivity contribution in [2.75, 3.05) is 6.61 Å². The van der Waals surface area contributed by atoms with Crippen molar-refractivity contribution in [2.45, 2.75) is 58.9 Å². The van der Waals surface area contributed by atoms with Crippen molar-refractivity contribution in [3.63, 3.8) is 0 Å². The Morgan fingerprint density at radius 2 is 1.88 bits per heavy atom. The average Bonchev–Trinajstić information content (AvgIpc) is 2.55. The van der Waals surface area contributed by atoms with E-state index >= 15 is 0 Å². The van der Waals surface area contributed by atoms with Gasteiger partial charge in [0, 0.05) is 10.0 Å². The molecule has 1 aromatic carbocycles. The number of hydrogen-bond acceptors (Lipinski definition) is 3. The van der Waals surface area contributed by atoms with Gasteiger partial charge < -0.3 is 10.1 Å². The van der Waals surface area contributed by atoms with Crippen molar-refractivity contribution in [1.82, 2.24) is 5.32 Å². The predicted octanol–water partition coefficient (Wildman–Crippen LogP) is 4.72. The summed E-state index contributed by atoms with van der Waals surface area (Å²) in [5.41, 5.74) is 0.516. The van der Waals surface area contributed by atoms with Crippen LogP contribution in [0.3, 0.4) is 0 Å². The number of ether oxygens (including phenoxy) is 1. The zero-order chi connectivity index (χ0) is 17.9. The van der Waals surface area contributed by atoms with E-state index in [1.54, 1.807) is 18.2 Å². The van der Waals surface area contributed by atoms with E-state index in [2.05, 4.69) is 28.2 Å². The lowest BCUT2D eigenvalue weighted by atomic mass is 10.0. The molecule has 0 radical (unpaired) electrons. The van der Waals surface area contributed by atoms with Gasteiger partial charge in [-0.2, -0.15) is 0 Å². The Labute approximate surface area is 153 Å². The van der Waals surface area contributed by atoms with E-state index in [4.69, 9.17) is 4.74 Å². The molecule has 0 spiro atoms. The maximum absolute atomic E-state index is 12.3. The summed E-state index contributed by atoms with van der Waals surface area (Å²) < 4.78 is 6.17. The average molecular weight is 398 g/mol. The molecule has 1 amide bonds. The molecule has 5 heteroatoms. The van der Waals surface area contributed by atoms with Gasteiger partial charge >= 0.3 is 5.97 Å². The van der Waals surface area contributed by atoms with Crippen LogP contribution in [0.4, 0.5) is 0 Å². The van der Waals surface area contributed by atoms with Gasteiger partial charge in [0.15, 0.2) is 0 Å². The monoisotopic (exact) mass is 397 g/mol. The Bertz CT molecular complexity index is 531. The Morgan fingerprint density at radius 3 is 2.50 bits per heavy atom. The second-order valence-electron chi connectivity index (χ2n) is 6.29. The molecule has 24 heavy (non-hydrogen) atoms. The Morgan fingerprint density at radius 1 is 1.17 bits per heavy atom. The Balaban J connectivity index is 2.50. The molecular weight excluding hydrogens is 370 g/mol. The van der Waals surface area contributed by atoms with Gasteiger partial charge in [-0.05, 0) is 30.5 Å². The van der Waals surface area contributed by atoms with E-state index in [1.807, 2.05) is 19.9 Å². The number of rotatable bonds is 10. The molecule has 4 nitrogen and oxygen atoms in total.